The highest BCUT2D eigenvalue weighted by molar-refractivity contribution is 5.78. The summed E-state index contributed by atoms with van der Waals surface area (Å²) in [5, 5.41) is 3.42. The number of nitrogens with zero attached hydrogens (tertiary/aromatic N) is 3. The molecule has 1 saturated heterocycles. The van der Waals surface area contributed by atoms with Crippen molar-refractivity contribution in [3.63, 3.8) is 0 Å². The maximum atomic E-state index is 12.9. The summed E-state index contributed by atoms with van der Waals surface area (Å²) in [4.78, 5) is 23.6. The molecule has 0 aromatic carbocycles. The van der Waals surface area contributed by atoms with Crippen LogP contribution in [0.15, 0.2) is 18.6 Å². The van der Waals surface area contributed by atoms with Crippen molar-refractivity contribution in [2.24, 2.45) is 23.2 Å². The Morgan fingerprint density at radius 1 is 1.26 bits per heavy atom. The van der Waals surface area contributed by atoms with Gasteiger partial charge in [-0.2, -0.15) is 0 Å². The molecule has 5 nitrogen and oxygen atoms in total. The first-order valence-electron chi connectivity index (χ1n) is 10.9. The van der Waals surface area contributed by atoms with E-state index in [1.165, 1.54) is 38.5 Å². The Morgan fingerprint density at radius 3 is 2.59 bits per heavy atom. The highest BCUT2D eigenvalue weighted by Crippen LogP contribution is 2.61. The SMILES string of the molecule is CC(NC(=O)CN1CCCC1c1ccncn1)C12CC3CC(CC(C3)C1)C2. The Labute approximate surface area is 162 Å². The highest BCUT2D eigenvalue weighted by atomic mass is 16.2. The number of nitrogens with one attached hydrogen (secondary N) is 1. The van der Waals surface area contributed by atoms with Gasteiger partial charge in [0.15, 0.2) is 0 Å². The third-order valence-electron chi connectivity index (χ3n) is 8.04. The molecule has 1 aromatic rings. The maximum absolute atomic E-state index is 12.9. The van der Waals surface area contributed by atoms with Crippen LogP contribution >= 0.6 is 0 Å². The molecule has 27 heavy (non-hydrogen) atoms. The van der Waals surface area contributed by atoms with Gasteiger partial charge in [-0.15, -0.1) is 0 Å². The van der Waals surface area contributed by atoms with E-state index in [4.69, 9.17) is 0 Å². The topological polar surface area (TPSA) is 58.1 Å². The molecule has 2 heterocycles. The van der Waals surface area contributed by atoms with Crippen LogP contribution in [-0.2, 0) is 4.79 Å². The molecular formula is C22H32N4O. The van der Waals surface area contributed by atoms with Gasteiger partial charge in [-0.25, -0.2) is 9.97 Å². The average molecular weight is 369 g/mol. The van der Waals surface area contributed by atoms with Crippen molar-refractivity contribution in [1.29, 1.82) is 0 Å². The van der Waals surface area contributed by atoms with Crippen LogP contribution < -0.4 is 5.32 Å². The first kappa shape index (κ1) is 17.6. The van der Waals surface area contributed by atoms with Crippen LogP contribution in [0.3, 0.4) is 0 Å². The summed E-state index contributed by atoms with van der Waals surface area (Å²) in [5.74, 6) is 2.98. The summed E-state index contributed by atoms with van der Waals surface area (Å²) in [5.41, 5.74) is 1.42. The lowest BCUT2D eigenvalue weighted by molar-refractivity contribution is -0.127. The quantitative estimate of drug-likeness (QED) is 0.866. The molecule has 5 aliphatic rings. The normalized spacial score (nSPS) is 38.9. The molecule has 4 bridgehead atoms. The minimum Gasteiger partial charge on any atom is -0.352 e. The molecular weight excluding hydrogens is 336 g/mol. The summed E-state index contributed by atoms with van der Waals surface area (Å²) in [6, 6.07) is 2.55. The molecule has 1 amide bonds. The lowest BCUT2D eigenvalue weighted by atomic mass is 9.48. The van der Waals surface area contributed by atoms with Crippen molar-refractivity contribution in [2.75, 3.05) is 13.1 Å². The molecule has 146 valence electrons. The van der Waals surface area contributed by atoms with Gasteiger partial charge in [-0.3, -0.25) is 9.69 Å². The summed E-state index contributed by atoms with van der Waals surface area (Å²) in [6.45, 7) is 3.75. The van der Waals surface area contributed by atoms with E-state index in [2.05, 4.69) is 27.1 Å². The largest absolute Gasteiger partial charge is 0.352 e. The Hall–Kier alpha value is -1.49. The van der Waals surface area contributed by atoms with Crippen LogP contribution in [0.5, 0.6) is 0 Å². The van der Waals surface area contributed by atoms with Gasteiger partial charge in [0, 0.05) is 12.2 Å². The van der Waals surface area contributed by atoms with Crippen LogP contribution in [0.4, 0.5) is 0 Å². The maximum Gasteiger partial charge on any atom is 0.234 e. The fraction of sp³-hybridized carbons (Fsp3) is 0.773. The number of carbonyl (C=O) groups is 1. The molecule has 1 N–H and O–H groups in total. The van der Waals surface area contributed by atoms with Gasteiger partial charge in [0.1, 0.15) is 6.33 Å². The van der Waals surface area contributed by atoms with Crippen molar-refractivity contribution in [1.82, 2.24) is 20.2 Å². The van der Waals surface area contributed by atoms with Crippen molar-refractivity contribution in [3.05, 3.63) is 24.3 Å². The molecule has 2 atom stereocenters. The van der Waals surface area contributed by atoms with Gasteiger partial charge >= 0.3 is 0 Å². The van der Waals surface area contributed by atoms with Crippen molar-refractivity contribution in [2.45, 2.75) is 70.4 Å². The average Bonchev–Trinajstić information content (AvgIpc) is 3.09. The van der Waals surface area contributed by atoms with Crippen LogP contribution in [0, 0.1) is 23.2 Å². The summed E-state index contributed by atoms with van der Waals surface area (Å²) in [7, 11) is 0. The molecule has 0 spiro atoms. The molecule has 1 aliphatic heterocycles. The predicted molar refractivity (Wildman–Crippen MR) is 104 cm³/mol. The number of aromatic nitrogens is 2. The van der Waals surface area contributed by atoms with E-state index in [0.29, 0.717) is 18.0 Å². The molecule has 4 aliphatic carbocycles. The van der Waals surface area contributed by atoms with E-state index in [1.807, 2.05) is 6.07 Å². The predicted octanol–water partition coefficient (Wildman–Crippen LogP) is 3.33. The molecule has 0 radical (unpaired) electrons. The monoisotopic (exact) mass is 368 g/mol. The van der Waals surface area contributed by atoms with Crippen LogP contribution in [-0.4, -0.2) is 39.9 Å². The zero-order chi connectivity index (χ0) is 18.4. The summed E-state index contributed by atoms with van der Waals surface area (Å²) < 4.78 is 0. The molecule has 2 unspecified atom stereocenters. The minimum absolute atomic E-state index is 0.194. The minimum atomic E-state index is 0.194. The van der Waals surface area contributed by atoms with E-state index in [9.17, 15) is 4.79 Å². The van der Waals surface area contributed by atoms with Crippen molar-refractivity contribution < 1.29 is 4.79 Å². The molecule has 6 rings (SSSR count). The fourth-order valence-electron chi connectivity index (χ4n) is 7.18. The van der Waals surface area contributed by atoms with E-state index < -0.39 is 0 Å². The number of hydrogen-bond acceptors (Lipinski definition) is 4. The van der Waals surface area contributed by atoms with Gasteiger partial charge in [-0.05, 0) is 94.1 Å². The molecule has 5 heteroatoms. The molecule has 4 saturated carbocycles. The first-order valence-corrected chi connectivity index (χ1v) is 10.9. The standard InChI is InChI=1S/C22H32N4O/c1-15(22-10-16-7-17(11-22)9-18(8-16)12-22)25-21(27)13-26-6-2-3-20(26)19-4-5-23-14-24-19/h4-5,14-18,20H,2-3,6-13H2,1H3,(H,25,27). The van der Waals surface area contributed by atoms with E-state index >= 15 is 0 Å². The first-order chi connectivity index (χ1) is 13.1. The van der Waals surface area contributed by atoms with Gasteiger partial charge in [-0.1, -0.05) is 0 Å². The second-order valence-electron chi connectivity index (χ2n) is 9.83. The van der Waals surface area contributed by atoms with Gasteiger partial charge in [0.2, 0.25) is 5.91 Å². The third-order valence-corrected chi connectivity index (χ3v) is 8.04. The van der Waals surface area contributed by atoms with Crippen molar-refractivity contribution >= 4 is 5.91 Å². The lowest BCUT2D eigenvalue weighted by Gasteiger charge is -2.59. The zero-order valence-electron chi connectivity index (χ0n) is 16.4. The smallest absolute Gasteiger partial charge is 0.234 e. The van der Waals surface area contributed by atoms with Crippen LogP contribution in [0.1, 0.15) is 70.0 Å². The Kier molecular flexibility index (Phi) is 4.46. The molecule has 1 aromatic heterocycles. The second kappa shape index (κ2) is 6.84. The van der Waals surface area contributed by atoms with E-state index in [1.54, 1.807) is 12.5 Å². The summed E-state index contributed by atoms with van der Waals surface area (Å²) in [6.07, 6.45) is 14.0. The Bertz CT molecular complexity index is 656. The van der Waals surface area contributed by atoms with E-state index in [-0.39, 0.29) is 11.9 Å². The van der Waals surface area contributed by atoms with Gasteiger partial charge in [0.25, 0.3) is 0 Å². The van der Waals surface area contributed by atoms with Crippen molar-refractivity contribution in [3.8, 4) is 0 Å². The summed E-state index contributed by atoms with van der Waals surface area (Å²) >= 11 is 0. The van der Waals surface area contributed by atoms with Gasteiger partial charge in [0.05, 0.1) is 18.3 Å². The Balaban J connectivity index is 1.22. The highest BCUT2D eigenvalue weighted by Gasteiger charge is 2.53. The number of hydrogen-bond donors (Lipinski definition) is 1. The fourth-order valence-corrected chi connectivity index (χ4v) is 7.18. The van der Waals surface area contributed by atoms with Gasteiger partial charge < -0.3 is 5.32 Å². The lowest BCUT2D eigenvalue weighted by Crippen LogP contribution is -2.56. The number of amides is 1. The van der Waals surface area contributed by atoms with Crippen LogP contribution in [0.2, 0.25) is 0 Å². The third kappa shape index (κ3) is 3.28. The number of carbonyl (C=O) groups excluding carboxylic acids is 1. The Morgan fingerprint density at radius 2 is 1.96 bits per heavy atom. The number of rotatable bonds is 5. The van der Waals surface area contributed by atoms with Crippen LogP contribution in [0.25, 0.3) is 0 Å². The number of likely N-dealkylation sites (tertiary alicyclic amines) is 1. The van der Waals surface area contributed by atoms with E-state index in [0.717, 1.165) is 42.8 Å². The molecule has 5 fully saturated rings. The zero-order valence-corrected chi connectivity index (χ0v) is 16.4. The second-order valence-corrected chi connectivity index (χ2v) is 9.83.